The first kappa shape index (κ1) is 31.9. The molecule has 10 heteroatoms. The number of terminal acetylenes is 1. The number of hydrogen-bond donors (Lipinski definition) is 3. The number of anilines is 1. The minimum atomic E-state index is -0.333. The molecule has 0 atom stereocenters. The van der Waals surface area contributed by atoms with E-state index >= 15 is 0 Å². The number of piperidine rings is 1. The molecule has 0 radical (unpaired) electrons. The summed E-state index contributed by atoms with van der Waals surface area (Å²) in [5, 5.41) is 6.34. The van der Waals surface area contributed by atoms with Crippen LogP contribution in [0.3, 0.4) is 0 Å². The van der Waals surface area contributed by atoms with E-state index in [-0.39, 0.29) is 17.6 Å². The van der Waals surface area contributed by atoms with Crippen LogP contribution in [0.25, 0.3) is 22.3 Å². The highest BCUT2D eigenvalue weighted by Crippen LogP contribution is 2.36. The zero-order valence-electron chi connectivity index (χ0n) is 24.0. The normalized spacial score (nSPS) is 15.0. The highest BCUT2D eigenvalue weighted by atomic mass is 32.2. The summed E-state index contributed by atoms with van der Waals surface area (Å²) in [6.07, 6.45) is 20.2. The molecule has 2 aromatic carbocycles. The number of hydrogen-bond acceptors (Lipinski definition) is 7. The minimum Gasteiger partial charge on any atom is -0.455 e. The van der Waals surface area contributed by atoms with E-state index in [9.17, 15) is 14.0 Å². The average molecular weight is 590 g/mol. The summed E-state index contributed by atoms with van der Waals surface area (Å²) in [6, 6.07) is 11.6. The van der Waals surface area contributed by atoms with Crippen molar-refractivity contribution >= 4 is 40.4 Å². The SMILES string of the molecule is C#C.CNC(=O)c1c(-c2ccc(F)cc2)oc2cc(N(C)SC)ccc12.N/C=C1/C=C(C(=O)N2CCCCC2)C=CN1. The highest BCUT2D eigenvalue weighted by molar-refractivity contribution is 7.99. The minimum absolute atomic E-state index is 0.108. The standard InChI is InChI=1S/C18H17FN2O2S.C12H17N3O.C2H2/c1-20-18(22)16-14-9-8-13(21(2)24-3)10-15(14)23-17(16)11-4-6-12(19)7-5-11;13-9-11-8-10(4-5-14-11)12(16)15-6-2-1-3-7-15;1-2/h4-10H,1-3H3,(H,20,22);4-5,8-9,14H,1-3,6-7,13H2;1-2H/b;11-9-;. The first-order chi connectivity index (χ1) is 20.4. The van der Waals surface area contributed by atoms with Gasteiger partial charge in [-0.2, -0.15) is 0 Å². The predicted molar refractivity (Wildman–Crippen MR) is 170 cm³/mol. The fraction of sp³-hybridized carbons (Fsp3) is 0.250. The van der Waals surface area contributed by atoms with Crippen LogP contribution < -0.4 is 20.7 Å². The van der Waals surface area contributed by atoms with Gasteiger partial charge < -0.3 is 30.0 Å². The number of nitrogens with zero attached hydrogens (tertiary/aromatic N) is 2. The highest BCUT2D eigenvalue weighted by Gasteiger charge is 2.22. The summed E-state index contributed by atoms with van der Waals surface area (Å²) in [5.74, 6) is -0.0237. The summed E-state index contributed by atoms with van der Waals surface area (Å²) in [6.45, 7) is 1.75. The molecule has 8 nitrogen and oxygen atoms in total. The van der Waals surface area contributed by atoms with E-state index in [1.165, 1.54) is 24.8 Å². The Kier molecular flexibility index (Phi) is 11.7. The molecule has 2 aliphatic rings. The van der Waals surface area contributed by atoms with Gasteiger partial charge in [0.2, 0.25) is 0 Å². The molecule has 3 aromatic rings. The Bertz CT molecular complexity index is 1500. The monoisotopic (exact) mass is 589 g/mol. The second-order valence-electron chi connectivity index (χ2n) is 9.30. The van der Waals surface area contributed by atoms with Gasteiger partial charge in [-0.3, -0.25) is 9.59 Å². The molecule has 0 saturated carbocycles. The predicted octanol–water partition coefficient (Wildman–Crippen LogP) is 5.40. The largest absolute Gasteiger partial charge is 0.455 e. The quantitative estimate of drug-likeness (QED) is 0.270. The van der Waals surface area contributed by atoms with Gasteiger partial charge in [0.15, 0.2) is 0 Å². The lowest BCUT2D eigenvalue weighted by Gasteiger charge is -2.27. The molecule has 1 fully saturated rings. The molecular formula is C32H36FN5O3S. The van der Waals surface area contributed by atoms with Gasteiger partial charge in [-0.25, -0.2) is 4.39 Å². The number of dihydropyridines is 1. The molecule has 1 aromatic heterocycles. The molecule has 0 aliphatic carbocycles. The Morgan fingerprint density at radius 1 is 1.14 bits per heavy atom. The number of nitrogens with two attached hydrogens (primary N) is 1. The summed E-state index contributed by atoms with van der Waals surface area (Å²) < 4.78 is 21.2. The van der Waals surface area contributed by atoms with Crippen LogP contribution >= 0.6 is 11.9 Å². The Morgan fingerprint density at radius 3 is 2.45 bits per heavy atom. The van der Waals surface area contributed by atoms with Crippen molar-refractivity contribution < 1.29 is 18.4 Å². The Hall–Kier alpha value is -4.62. The first-order valence-corrected chi connectivity index (χ1v) is 14.6. The van der Waals surface area contributed by atoms with Gasteiger partial charge >= 0.3 is 0 Å². The van der Waals surface area contributed by atoms with Gasteiger partial charge in [-0.15, -0.1) is 12.8 Å². The van der Waals surface area contributed by atoms with Crippen molar-refractivity contribution in [2.45, 2.75) is 19.3 Å². The maximum Gasteiger partial charge on any atom is 0.255 e. The first-order valence-electron chi connectivity index (χ1n) is 13.4. The van der Waals surface area contributed by atoms with Crippen molar-refractivity contribution in [1.29, 1.82) is 0 Å². The summed E-state index contributed by atoms with van der Waals surface area (Å²) in [4.78, 5) is 26.4. The lowest BCUT2D eigenvalue weighted by molar-refractivity contribution is -0.127. The molecule has 3 heterocycles. The number of benzene rings is 2. The van der Waals surface area contributed by atoms with Crippen LogP contribution in [0.4, 0.5) is 10.1 Å². The van der Waals surface area contributed by atoms with E-state index in [0.29, 0.717) is 28.0 Å². The number of carbonyl (C=O) groups is 2. The van der Waals surface area contributed by atoms with Gasteiger partial charge in [0.25, 0.3) is 11.8 Å². The number of furan rings is 1. The van der Waals surface area contributed by atoms with Gasteiger partial charge in [-0.05, 0) is 67.8 Å². The fourth-order valence-electron chi connectivity index (χ4n) is 4.54. The molecule has 2 amide bonds. The fourth-order valence-corrected chi connectivity index (χ4v) is 4.86. The molecule has 220 valence electrons. The molecular weight excluding hydrogens is 553 g/mol. The molecule has 4 N–H and O–H groups in total. The third kappa shape index (κ3) is 7.56. The van der Waals surface area contributed by atoms with Crippen LogP contribution in [0.5, 0.6) is 0 Å². The molecule has 0 spiro atoms. The third-order valence-electron chi connectivity index (χ3n) is 6.77. The topological polar surface area (TPSA) is 104 Å². The lowest BCUT2D eigenvalue weighted by atomic mass is 10.0. The molecule has 0 bridgehead atoms. The smallest absolute Gasteiger partial charge is 0.255 e. The van der Waals surface area contributed by atoms with Gasteiger partial charge in [0.1, 0.15) is 17.2 Å². The Labute approximate surface area is 250 Å². The lowest BCUT2D eigenvalue weighted by Crippen LogP contribution is -2.36. The van der Waals surface area contributed by atoms with Crippen molar-refractivity contribution in [3.05, 3.63) is 89.7 Å². The molecule has 2 aliphatic heterocycles. The summed E-state index contributed by atoms with van der Waals surface area (Å²) in [7, 11) is 3.53. The summed E-state index contributed by atoms with van der Waals surface area (Å²) >= 11 is 1.58. The number of nitrogens with one attached hydrogen (secondary N) is 2. The van der Waals surface area contributed by atoms with Gasteiger partial charge in [-0.1, -0.05) is 11.9 Å². The van der Waals surface area contributed by atoms with E-state index in [1.807, 2.05) is 40.7 Å². The van der Waals surface area contributed by atoms with Crippen LogP contribution in [0.15, 0.2) is 82.7 Å². The average Bonchev–Trinajstić information content (AvgIpc) is 3.44. The Balaban J connectivity index is 0.000000234. The van der Waals surface area contributed by atoms with Gasteiger partial charge in [0.05, 0.1) is 16.9 Å². The van der Waals surface area contributed by atoms with Crippen LogP contribution in [0.1, 0.15) is 29.6 Å². The number of allylic oxidation sites excluding steroid dienone is 1. The third-order valence-corrected chi connectivity index (χ3v) is 7.52. The van der Waals surface area contributed by atoms with Crippen LogP contribution in [0.2, 0.25) is 0 Å². The molecule has 1 saturated heterocycles. The second kappa shape index (κ2) is 15.4. The molecule has 5 rings (SSSR count). The van der Waals surface area contributed by atoms with Crippen LogP contribution in [-0.4, -0.2) is 50.2 Å². The van der Waals surface area contributed by atoms with Crippen molar-refractivity contribution in [1.82, 2.24) is 15.5 Å². The number of fused-ring (bicyclic) bond motifs is 1. The molecule has 0 unspecified atom stereocenters. The number of carbonyl (C=O) groups excluding carboxylic acids is 2. The van der Waals surface area contributed by atoms with E-state index in [4.69, 9.17) is 10.2 Å². The number of halogens is 1. The van der Waals surface area contributed by atoms with E-state index in [0.717, 1.165) is 42.7 Å². The molecule has 42 heavy (non-hydrogen) atoms. The van der Waals surface area contributed by atoms with Gasteiger partial charge in [0, 0.05) is 68.4 Å². The number of rotatable bonds is 5. The van der Waals surface area contributed by atoms with E-state index in [1.54, 1.807) is 49.5 Å². The second-order valence-corrected chi connectivity index (χ2v) is 10.2. The van der Waals surface area contributed by atoms with E-state index < -0.39 is 0 Å². The maximum atomic E-state index is 13.2. The zero-order valence-corrected chi connectivity index (χ0v) is 24.8. The Morgan fingerprint density at radius 2 is 1.83 bits per heavy atom. The number of amides is 2. The van der Waals surface area contributed by atoms with Crippen LogP contribution in [0, 0.1) is 18.7 Å². The van der Waals surface area contributed by atoms with Crippen LogP contribution in [-0.2, 0) is 4.79 Å². The van der Waals surface area contributed by atoms with Crippen molar-refractivity contribution in [2.75, 3.05) is 37.7 Å². The van der Waals surface area contributed by atoms with Crippen molar-refractivity contribution in [3.63, 3.8) is 0 Å². The maximum absolute atomic E-state index is 13.2. The van der Waals surface area contributed by atoms with Crippen molar-refractivity contribution in [2.24, 2.45) is 5.73 Å². The zero-order chi connectivity index (χ0) is 30.6. The van der Waals surface area contributed by atoms with Crippen molar-refractivity contribution in [3.8, 4) is 24.2 Å². The van der Waals surface area contributed by atoms with E-state index in [2.05, 4.69) is 23.5 Å². The summed E-state index contributed by atoms with van der Waals surface area (Å²) in [5.41, 5.74) is 9.59. The number of likely N-dealkylation sites (tertiary alicyclic amines) is 1.